The molecule has 2 rings (SSSR count). The third kappa shape index (κ3) is 3.13. The van der Waals surface area contributed by atoms with Gasteiger partial charge in [0.05, 0.1) is 10.5 Å². The summed E-state index contributed by atoms with van der Waals surface area (Å²) >= 11 is 0. The van der Waals surface area contributed by atoms with Crippen molar-refractivity contribution in [3.05, 3.63) is 45.6 Å². The fourth-order valence-corrected chi connectivity index (χ4v) is 2.28. The zero-order valence-electron chi connectivity index (χ0n) is 11.5. The quantitative estimate of drug-likeness (QED) is 0.577. The SMILES string of the molecule is CCN(/C=C/c1c(C2CC2)cccc1[N+](=O)[O-])CC. The highest BCUT2D eigenvalue weighted by Gasteiger charge is 2.28. The van der Waals surface area contributed by atoms with E-state index in [-0.39, 0.29) is 10.6 Å². The van der Waals surface area contributed by atoms with E-state index in [2.05, 4.69) is 18.7 Å². The number of nitro groups is 1. The van der Waals surface area contributed by atoms with Crippen molar-refractivity contribution >= 4 is 11.8 Å². The zero-order valence-corrected chi connectivity index (χ0v) is 11.5. The van der Waals surface area contributed by atoms with Crippen LogP contribution in [0.5, 0.6) is 0 Å². The molecule has 1 aromatic rings. The molecule has 1 aliphatic carbocycles. The van der Waals surface area contributed by atoms with E-state index in [9.17, 15) is 10.1 Å². The lowest BCUT2D eigenvalue weighted by Gasteiger charge is -2.15. The highest BCUT2D eigenvalue weighted by molar-refractivity contribution is 5.65. The van der Waals surface area contributed by atoms with Crippen molar-refractivity contribution in [2.45, 2.75) is 32.6 Å². The van der Waals surface area contributed by atoms with Crippen molar-refractivity contribution in [1.29, 1.82) is 0 Å². The third-order valence-electron chi connectivity index (χ3n) is 3.60. The molecule has 102 valence electrons. The summed E-state index contributed by atoms with van der Waals surface area (Å²) in [7, 11) is 0. The van der Waals surface area contributed by atoms with Gasteiger partial charge in [0.2, 0.25) is 0 Å². The zero-order chi connectivity index (χ0) is 13.8. The molecular formula is C15H20N2O2. The first-order chi connectivity index (χ1) is 9.17. The Hall–Kier alpha value is -1.84. The van der Waals surface area contributed by atoms with Gasteiger partial charge in [-0.2, -0.15) is 0 Å². The van der Waals surface area contributed by atoms with Crippen LogP contribution < -0.4 is 0 Å². The smallest absolute Gasteiger partial charge is 0.276 e. The minimum atomic E-state index is -0.284. The predicted octanol–water partition coefficient (Wildman–Crippen LogP) is 3.78. The number of nitro benzene ring substituents is 1. The molecule has 1 fully saturated rings. The minimum absolute atomic E-state index is 0.216. The standard InChI is InChI=1S/C15H20N2O2/c1-3-16(4-2)11-10-14-13(12-8-9-12)6-5-7-15(14)17(18)19/h5-7,10-12H,3-4,8-9H2,1-2H3/b11-10+. The molecule has 1 aliphatic rings. The van der Waals surface area contributed by atoms with Crippen molar-refractivity contribution in [2.24, 2.45) is 0 Å². The molecule has 0 atom stereocenters. The van der Waals surface area contributed by atoms with Crippen molar-refractivity contribution in [2.75, 3.05) is 13.1 Å². The van der Waals surface area contributed by atoms with Gasteiger partial charge in [-0.1, -0.05) is 12.1 Å². The number of hydrogen-bond donors (Lipinski definition) is 0. The number of nitrogens with zero attached hydrogens (tertiary/aromatic N) is 2. The predicted molar refractivity (Wildman–Crippen MR) is 77.0 cm³/mol. The lowest BCUT2D eigenvalue weighted by atomic mass is 10.0. The van der Waals surface area contributed by atoms with Gasteiger partial charge in [-0.05, 0) is 50.4 Å². The van der Waals surface area contributed by atoms with Gasteiger partial charge in [0.25, 0.3) is 5.69 Å². The minimum Gasteiger partial charge on any atom is -0.378 e. The Morgan fingerprint density at radius 3 is 2.58 bits per heavy atom. The van der Waals surface area contributed by atoms with Gasteiger partial charge in [-0.25, -0.2) is 0 Å². The number of hydrogen-bond acceptors (Lipinski definition) is 3. The first kappa shape index (κ1) is 13.6. The molecule has 0 aliphatic heterocycles. The van der Waals surface area contributed by atoms with Gasteiger partial charge in [0, 0.05) is 19.2 Å². The second-order valence-electron chi connectivity index (χ2n) is 4.85. The largest absolute Gasteiger partial charge is 0.378 e. The topological polar surface area (TPSA) is 46.4 Å². The number of rotatable bonds is 6. The van der Waals surface area contributed by atoms with Crippen molar-refractivity contribution < 1.29 is 4.92 Å². The maximum atomic E-state index is 11.2. The Labute approximate surface area is 113 Å². The normalized spacial score (nSPS) is 14.8. The molecule has 4 heteroatoms. The molecule has 0 radical (unpaired) electrons. The summed E-state index contributed by atoms with van der Waals surface area (Å²) in [5.41, 5.74) is 2.12. The van der Waals surface area contributed by atoms with Crippen LogP contribution in [0.25, 0.3) is 6.08 Å². The Kier molecular flexibility index (Phi) is 4.20. The average molecular weight is 260 g/mol. The van der Waals surface area contributed by atoms with E-state index >= 15 is 0 Å². The lowest BCUT2D eigenvalue weighted by Crippen LogP contribution is -2.15. The van der Waals surface area contributed by atoms with Crippen LogP contribution in [-0.2, 0) is 0 Å². The molecule has 0 aromatic heterocycles. The van der Waals surface area contributed by atoms with Gasteiger partial charge < -0.3 is 4.90 Å². The maximum absolute atomic E-state index is 11.2. The van der Waals surface area contributed by atoms with Crippen molar-refractivity contribution in [3.8, 4) is 0 Å². The molecular weight excluding hydrogens is 240 g/mol. The van der Waals surface area contributed by atoms with Crippen LogP contribution in [0.2, 0.25) is 0 Å². The van der Waals surface area contributed by atoms with E-state index in [1.165, 1.54) is 0 Å². The van der Waals surface area contributed by atoms with E-state index in [1.807, 2.05) is 18.3 Å². The first-order valence-corrected chi connectivity index (χ1v) is 6.86. The van der Waals surface area contributed by atoms with Crippen LogP contribution in [0, 0.1) is 10.1 Å². The number of benzene rings is 1. The maximum Gasteiger partial charge on any atom is 0.276 e. The van der Waals surface area contributed by atoms with E-state index < -0.39 is 0 Å². The van der Waals surface area contributed by atoms with Gasteiger partial charge in [-0.15, -0.1) is 0 Å². The highest BCUT2D eigenvalue weighted by Crippen LogP contribution is 2.43. The van der Waals surface area contributed by atoms with Gasteiger partial charge >= 0.3 is 0 Å². The van der Waals surface area contributed by atoms with Crippen LogP contribution >= 0.6 is 0 Å². The second kappa shape index (κ2) is 5.87. The summed E-state index contributed by atoms with van der Waals surface area (Å²) < 4.78 is 0. The molecule has 1 saturated carbocycles. The van der Waals surface area contributed by atoms with Crippen LogP contribution in [0.1, 0.15) is 43.7 Å². The summed E-state index contributed by atoms with van der Waals surface area (Å²) in [6, 6.07) is 5.40. The molecule has 19 heavy (non-hydrogen) atoms. The molecule has 1 aromatic carbocycles. The summed E-state index contributed by atoms with van der Waals surface area (Å²) in [6.07, 6.45) is 6.16. The molecule has 0 unspecified atom stereocenters. The summed E-state index contributed by atoms with van der Waals surface area (Å²) in [5.74, 6) is 0.510. The molecule has 0 heterocycles. The van der Waals surface area contributed by atoms with E-state index in [1.54, 1.807) is 12.1 Å². The van der Waals surface area contributed by atoms with E-state index in [0.717, 1.165) is 37.1 Å². The molecule has 0 amide bonds. The van der Waals surface area contributed by atoms with E-state index in [0.29, 0.717) is 5.92 Å². The molecule has 4 nitrogen and oxygen atoms in total. The van der Waals surface area contributed by atoms with Crippen molar-refractivity contribution in [3.63, 3.8) is 0 Å². The Morgan fingerprint density at radius 2 is 2.05 bits per heavy atom. The van der Waals surface area contributed by atoms with Crippen LogP contribution in [0.15, 0.2) is 24.4 Å². The highest BCUT2D eigenvalue weighted by atomic mass is 16.6. The fourth-order valence-electron chi connectivity index (χ4n) is 2.28. The molecule has 0 bridgehead atoms. The first-order valence-electron chi connectivity index (χ1n) is 6.86. The molecule has 0 saturated heterocycles. The third-order valence-corrected chi connectivity index (χ3v) is 3.60. The Morgan fingerprint density at radius 1 is 1.37 bits per heavy atom. The average Bonchev–Trinajstić information content (AvgIpc) is 3.24. The Balaban J connectivity index is 2.37. The summed E-state index contributed by atoms with van der Waals surface area (Å²) in [6.45, 7) is 5.98. The summed E-state index contributed by atoms with van der Waals surface area (Å²) in [5, 5.41) is 11.2. The Bertz CT molecular complexity index is 489. The molecule has 0 spiro atoms. The van der Waals surface area contributed by atoms with Gasteiger partial charge in [0.15, 0.2) is 0 Å². The second-order valence-corrected chi connectivity index (χ2v) is 4.85. The van der Waals surface area contributed by atoms with Crippen molar-refractivity contribution in [1.82, 2.24) is 4.90 Å². The van der Waals surface area contributed by atoms with Gasteiger partial charge in [-0.3, -0.25) is 10.1 Å². The summed E-state index contributed by atoms with van der Waals surface area (Å²) in [4.78, 5) is 13.0. The molecule has 0 N–H and O–H groups in total. The van der Waals surface area contributed by atoms with Crippen LogP contribution in [-0.4, -0.2) is 22.9 Å². The van der Waals surface area contributed by atoms with Crippen LogP contribution in [0.3, 0.4) is 0 Å². The lowest BCUT2D eigenvalue weighted by molar-refractivity contribution is -0.385. The van der Waals surface area contributed by atoms with Crippen LogP contribution in [0.4, 0.5) is 5.69 Å². The fraction of sp³-hybridized carbons (Fsp3) is 0.467. The van der Waals surface area contributed by atoms with E-state index in [4.69, 9.17) is 0 Å². The van der Waals surface area contributed by atoms with Gasteiger partial charge in [0.1, 0.15) is 0 Å². The monoisotopic (exact) mass is 260 g/mol.